The lowest BCUT2D eigenvalue weighted by molar-refractivity contribution is -0.384. The Balaban J connectivity index is 1.62. The molecule has 29 heavy (non-hydrogen) atoms. The van der Waals surface area contributed by atoms with Gasteiger partial charge in [0, 0.05) is 24.7 Å². The molecule has 1 fully saturated rings. The third-order valence-electron chi connectivity index (χ3n) is 5.04. The highest BCUT2D eigenvalue weighted by Gasteiger charge is 2.29. The summed E-state index contributed by atoms with van der Waals surface area (Å²) in [6, 6.07) is 11.7. The molecule has 1 aliphatic carbocycles. The molecule has 2 aromatic carbocycles. The van der Waals surface area contributed by atoms with Gasteiger partial charge in [0.15, 0.2) is 0 Å². The first-order chi connectivity index (χ1) is 14.0. The molecule has 9 nitrogen and oxygen atoms in total. The Bertz CT molecular complexity index is 1080. The molecule has 0 saturated carbocycles. The van der Waals surface area contributed by atoms with Gasteiger partial charge in [-0.25, -0.2) is 8.42 Å². The number of sulfonamides is 1. The number of nitro benzene ring substituents is 1. The number of nitrogens with one attached hydrogen (secondary N) is 1. The highest BCUT2D eigenvalue weighted by Crippen LogP contribution is 2.30. The summed E-state index contributed by atoms with van der Waals surface area (Å²) in [5.41, 5.74) is 5.59. The Labute approximate surface area is 168 Å². The van der Waals surface area contributed by atoms with E-state index < -0.39 is 14.9 Å². The molecule has 1 N–H and O–H groups in total. The quantitative estimate of drug-likeness (QED) is 0.591. The van der Waals surface area contributed by atoms with E-state index in [9.17, 15) is 18.5 Å². The van der Waals surface area contributed by atoms with Crippen LogP contribution in [-0.2, 0) is 21.2 Å². The lowest BCUT2D eigenvalue weighted by atomic mass is 10.1. The molecule has 0 amide bonds. The zero-order valence-electron chi connectivity index (χ0n) is 15.6. The molecule has 1 heterocycles. The number of anilines is 1. The first kappa shape index (κ1) is 19.5. The number of nitro groups is 1. The number of fused-ring (bicyclic) bond motifs is 1. The van der Waals surface area contributed by atoms with Crippen molar-refractivity contribution in [2.75, 3.05) is 31.7 Å². The number of hydrogen-bond acceptors (Lipinski definition) is 7. The molecule has 4 rings (SSSR count). The molecule has 0 unspecified atom stereocenters. The Kier molecular flexibility index (Phi) is 5.31. The fourth-order valence-electron chi connectivity index (χ4n) is 3.50. The van der Waals surface area contributed by atoms with Crippen LogP contribution >= 0.6 is 0 Å². The SMILES string of the molecule is O=[N+]([O-])c1cc(S(=O)(=O)N2CCOCC2)ccc1NN=C1CCc2ccccc21. The van der Waals surface area contributed by atoms with Crippen LogP contribution in [0.5, 0.6) is 0 Å². The van der Waals surface area contributed by atoms with Crippen molar-refractivity contribution >= 4 is 27.1 Å². The number of ether oxygens (including phenoxy) is 1. The third-order valence-corrected chi connectivity index (χ3v) is 6.94. The van der Waals surface area contributed by atoms with Gasteiger partial charge in [-0.15, -0.1) is 0 Å². The van der Waals surface area contributed by atoms with E-state index in [-0.39, 0.29) is 29.4 Å². The van der Waals surface area contributed by atoms with Crippen LogP contribution in [0.4, 0.5) is 11.4 Å². The fourth-order valence-corrected chi connectivity index (χ4v) is 4.93. The van der Waals surface area contributed by atoms with E-state index in [1.807, 2.05) is 24.3 Å². The van der Waals surface area contributed by atoms with Crippen LogP contribution in [0.1, 0.15) is 17.5 Å². The minimum Gasteiger partial charge on any atom is -0.379 e. The van der Waals surface area contributed by atoms with E-state index in [2.05, 4.69) is 10.5 Å². The van der Waals surface area contributed by atoms with Gasteiger partial charge in [0.25, 0.3) is 5.69 Å². The Morgan fingerprint density at radius 1 is 1.10 bits per heavy atom. The molecule has 0 atom stereocenters. The topological polar surface area (TPSA) is 114 Å². The van der Waals surface area contributed by atoms with E-state index in [1.54, 1.807) is 0 Å². The van der Waals surface area contributed by atoms with E-state index in [4.69, 9.17) is 4.74 Å². The van der Waals surface area contributed by atoms with Gasteiger partial charge >= 0.3 is 0 Å². The molecule has 0 bridgehead atoms. The molecule has 0 aromatic heterocycles. The summed E-state index contributed by atoms with van der Waals surface area (Å²) in [5, 5.41) is 15.9. The van der Waals surface area contributed by atoms with E-state index in [0.29, 0.717) is 13.2 Å². The summed E-state index contributed by atoms with van der Waals surface area (Å²) < 4.78 is 32.0. The number of morpholine rings is 1. The number of hydrazone groups is 1. The molecule has 2 aliphatic rings. The summed E-state index contributed by atoms with van der Waals surface area (Å²) in [6.07, 6.45) is 1.61. The van der Waals surface area contributed by atoms with Crippen LogP contribution in [0, 0.1) is 10.1 Å². The van der Waals surface area contributed by atoms with Crippen molar-refractivity contribution in [2.45, 2.75) is 17.7 Å². The lowest BCUT2D eigenvalue weighted by Crippen LogP contribution is -2.40. The summed E-state index contributed by atoms with van der Waals surface area (Å²) in [6.45, 7) is 1.06. The molecule has 152 valence electrons. The highest BCUT2D eigenvalue weighted by atomic mass is 32.2. The van der Waals surface area contributed by atoms with Gasteiger partial charge in [-0.1, -0.05) is 24.3 Å². The van der Waals surface area contributed by atoms with E-state index >= 15 is 0 Å². The number of benzene rings is 2. The second-order valence-electron chi connectivity index (χ2n) is 6.78. The van der Waals surface area contributed by atoms with Crippen LogP contribution in [0.15, 0.2) is 52.5 Å². The van der Waals surface area contributed by atoms with Crippen LogP contribution in [-0.4, -0.2) is 49.7 Å². The largest absolute Gasteiger partial charge is 0.379 e. The normalized spacial score (nSPS) is 18.6. The number of hydrogen-bond donors (Lipinski definition) is 1. The van der Waals surface area contributed by atoms with Crippen molar-refractivity contribution in [2.24, 2.45) is 5.10 Å². The number of aryl methyl sites for hydroxylation is 1. The summed E-state index contributed by atoms with van der Waals surface area (Å²) in [7, 11) is -3.82. The van der Waals surface area contributed by atoms with Gasteiger partial charge < -0.3 is 4.74 Å². The summed E-state index contributed by atoms with van der Waals surface area (Å²) in [5.74, 6) is 0. The van der Waals surface area contributed by atoms with Crippen molar-refractivity contribution in [1.29, 1.82) is 0 Å². The minimum absolute atomic E-state index is 0.115. The Hall–Kier alpha value is -2.82. The maximum atomic E-state index is 12.8. The van der Waals surface area contributed by atoms with Crippen molar-refractivity contribution in [3.8, 4) is 0 Å². The molecule has 2 aromatic rings. The van der Waals surface area contributed by atoms with Crippen molar-refractivity contribution in [3.63, 3.8) is 0 Å². The first-order valence-electron chi connectivity index (χ1n) is 9.24. The van der Waals surface area contributed by atoms with Crippen molar-refractivity contribution in [1.82, 2.24) is 4.31 Å². The fraction of sp³-hybridized carbons (Fsp3) is 0.316. The molecule has 10 heteroatoms. The average Bonchev–Trinajstić information content (AvgIpc) is 3.16. The highest BCUT2D eigenvalue weighted by molar-refractivity contribution is 7.89. The second kappa shape index (κ2) is 7.90. The number of nitrogens with zero attached hydrogens (tertiary/aromatic N) is 3. The monoisotopic (exact) mass is 416 g/mol. The van der Waals surface area contributed by atoms with Gasteiger partial charge in [-0.2, -0.15) is 9.41 Å². The Morgan fingerprint density at radius 3 is 2.62 bits per heavy atom. The third kappa shape index (κ3) is 3.86. The van der Waals surface area contributed by atoms with Gasteiger partial charge in [0.05, 0.1) is 28.7 Å². The smallest absolute Gasteiger partial charge is 0.295 e. The molecular formula is C19H20N4O5S. The maximum Gasteiger partial charge on any atom is 0.295 e. The molecular weight excluding hydrogens is 396 g/mol. The maximum absolute atomic E-state index is 12.8. The predicted octanol–water partition coefficient (Wildman–Crippen LogP) is 2.38. The minimum atomic E-state index is -3.82. The average molecular weight is 416 g/mol. The van der Waals surface area contributed by atoms with Crippen LogP contribution < -0.4 is 5.43 Å². The zero-order chi connectivity index (χ0) is 20.4. The lowest BCUT2D eigenvalue weighted by Gasteiger charge is -2.26. The summed E-state index contributed by atoms with van der Waals surface area (Å²) >= 11 is 0. The number of rotatable bonds is 5. The van der Waals surface area contributed by atoms with Crippen molar-refractivity contribution < 1.29 is 18.1 Å². The molecule has 1 aliphatic heterocycles. The zero-order valence-corrected chi connectivity index (χ0v) is 16.4. The van der Waals surface area contributed by atoms with Gasteiger partial charge in [0.2, 0.25) is 10.0 Å². The molecule has 0 spiro atoms. The van der Waals surface area contributed by atoms with Gasteiger partial charge in [0.1, 0.15) is 5.69 Å². The van der Waals surface area contributed by atoms with Gasteiger partial charge in [-0.05, 0) is 30.5 Å². The summed E-state index contributed by atoms with van der Waals surface area (Å²) in [4.78, 5) is 10.8. The van der Waals surface area contributed by atoms with Crippen LogP contribution in [0.2, 0.25) is 0 Å². The van der Waals surface area contributed by atoms with E-state index in [0.717, 1.165) is 30.2 Å². The molecule has 0 radical (unpaired) electrons. The standard InChI is InChI=1S/C19H20N4O5S/c24-23(25)19-13-15(29(26,27)22-9-11-28-12-10-22)6-8-18(19)21-20-17-7-5-14-3-1-2-4-16(14)17/h1-4,6,8,13,21H,5,7,9-12H2. The van der Waals surface area contributed by atoms with Crippen molar-refractivity contribution in [3.05, 3.63) is 63.7 Å². The van der Waals surface area contributed by atoms with Crippen LogP contribution in [0.25, 0.3) is 0 Å². The van der Waals surface area contributed by atoms with Crippen LogP contribution in [0.3, 0.4) is 0 Å². The first-order valence-corrected chi connectivity index (χ1v) is 10.7. The Morgan fingerprint density at radius 2 is 1.86 bits per heavy atom. The second-order valence-corrected chi connectivity index (χ2v) is 8.72. The van der Waals surface area contributed by atoms with Gasteiger partial charge in [-0.3, -0.25) is 15.5 Å². The molecule has 1 saturated heterocycles. The predicted molar refractivity (Wildman–Crippen MR) is 108 cm³/mol. The van der Waals surface area contributed by atoms with E-state index in [1.165, 1.54) is 22.0 Å².